The number of hydrazine groups is 1. The highest BCUT2D eigenvalue weighted by molar-refractivity contribution is 5.48. The molecular formula is C12H23N5O. The summed E-state index contributed by atoms with van der Waals surface area (Å²) < 4.78 is 0. The van der Waals surface area contributed by atoms with Gasteiger partial charge in [0.25, 0.3) is 0 Å². The normalized spacial score (nSPS) is 12.6. The highest BCUT2D eigenvalue weighted by Gasteiger charge is 2.11. The van der Waals surface area contributed by atoms with E-state index in [4.69, 9.17) is 5.84 Å². The van der Waals surface area contributed by atoms with Gasteiger partial charge in [-0.2, -0.15) is 0 Å². The molecule has 0 aliphatic rings. The summed E-state index contributed by atoms with van der Waals surface area (Å²) in [5.41, 5.74) is 2.56. The summed E-state index contributed by atoms with van der Waals surface area (Å²) in [4.78, 5) is 10.8. The minimum Gasteiger partial charge on any atom is -0.393 e. The van der Waals surface area contributed by atoms with E-state index in [9.17, 15) is 5.11 Å². The van der Waals surface area contributed by atoms with Crippen molar-refractivity contribution >= 4 is 11.6 Å². The lowest BCUT2D eigenvalue weighted by Gasteiger charge is -2.20. The fourth-order valence-corrected chi connectivity index (χ4v) is 1.48. The van der Waals surface area contributed by atoms with Crippen LogP contribution in [0.1, 0.15) is 38.9 Å². The summed E-state index contributed by atoms with van der Waals surface area (Å²) in [6, 6.07) is 1.80. The van der Waals surface area contributed by atoms with Crippen molar-refractivity contribution in [2.24, 2.45) is 5.84 Å². The van der Waals surface area contributed by atoms with E-state index in [0.717, 1.165) is 18.2 Å². The van der Waals surface area contributed by atoms with Gasteiger partial charge in [-0.3, -0.25) is 0 Å². The Morgan fingerprint density at radius 3 is 2.56 bits per heavy atom. The van der Waals surface area contributed by atoms with Gasteiger partial charge < -0.3 is 15.4 Å². The van der Waals surface area contributed by atoms with Crippen molar-refractivity contribution in [3.63, 3.8) is 0 Å². The van der Waals surface area contributed by atoms with Crippen LogP contribution in [-0.2, 0) is 0 Å². The third-order valence-corrected chi connectivity index (χ3v) is 2.67. The van der Waals surface area contributed by atoms with Gasteiger partial charge in [-0.1, -0.05) is 13.8 Å². The van der Waals surface area contributed by atoms with Crippen LogP contribution in [0.4, 0.5) is 11.6 Å². The largest absolute Gasteiger partial charge is 0.393 e. The van der Waals surface area contributed by atoms with Crippen molar-refractivity contribution in [3.05, 3.63) is 11.9 Å². The number of nitrogen functional groups attached to an aromatic ring is 1. The Bertz CT molecular complexity index is 381. The highest BCUT2D eigenvalue weighted by atomic mass is 16.3. The molecule has 0 spiro atoms. The van der Waals surface area contributed by atoms with Crippen LogP contribution in [0.5, 0.6) is 0 Å². The van der Waals surface area contributed by atoms with Gasteiger partial charge in [-0.25, -0.2) is 15.8 Å². The smallest absolute Gasteiger partial charge is 0.145 e. The number of nitrogens with one attached hydrogen (secondary N) is 1. The Morgan fingerprint density at radius 1 is 1.39 bits per heavy atom. The number of nitrogens with two attached hydrogens (primary N) is 1. The Kier molecular flexibility index (Phi) is 5.30. The number of aliphatic hydroxyl groups excluding tert-OH is 1. The molecule has 0 aliphatic heterocycles. The number of hydrogen-bond acceptors (Lipinski definition) is 6. The van der Waals surface area contributed by atoms with Gasteiger partial charge in [-0.15, -0.1) is 0 Å². The number of aromatic nitrogens is 2. The minimum atomic E-state index is -0.314. The summed E-state index contributed by atoms with van der Waals surface area (Å²) in [6.45, 7) is 6.58. The van der Waals surface area contributed by atoms with Gasteiger partial charge in [0.1, 0.15) is 17.5 Å². The summed E-state index contributed by atoms with van der Waals surface area (Å²) in [7, 11) is 1.94. The molecule has 0 amide bonds. The van der Waals surface area contributed by atoms with Gasteiger partial charge in [0.15, 0.2) is 0 Å². The predicted molar refractivity (Wildman–Crippen MR) is 73.5 cm³/mol. The van der Waals surface area contributed by atoms with E-state index < -0.39 is 0 Å². The van der Waals surface area contributed by atoms with Crippen LogP contribution in [0.2, 0.25) is 0 Å². The lowest BCUT2D eigenvalue weighted by Crippen LogP contribution is -2.24. The molecule has 0 aromatic carbocycles. The van der Waals surface area contributed by atoms with E-state index in [1.807, 2.05) is 25.8 Å². The molecule has 4 N–H and O–H groups in total. The van der Waals surface area contributed by atoms with Crippen molar-refractivity contribution in [2.75, 3.05) is 23.9 Å². The molecule has 0 fully saturated rings. The molecule has 1 rings (SSSR count). The molecule has 0 saturated carbocycles. The van der Waals surface area contributed by atoms with Crippen LogP contribution in [-0.4, -0.2) is 34.8 Å². The van der Waals surface area contributed by atoms with E-state index in [1.165, 1.54) is 0 Å². The van der Waals surface area contributed by atoms with Crippen LogP contribution in [0.3, 0.4) is 0 Å². The molecule has 1 heterocycles. The van der Waals surface area contributed by atoms with E-state index in [2.05, 4.69) is 15.4 Å². The molecule has 18 heavy (non-hydrogen) atoms. The zero-order valence-corrected chi connectivity index (χ0v) is 11.5. The molecule has 1 atom stereocenters. The fourth-order valence-electron chi connectivity index (χ4n) is 1.48. The van der Waals surface area contributed by atoms with E-state index >= 15 is 0 Å². The fraction of sp³-hybridized carbons (Fsp3) is 0.667. The summed E-state index contributed by atoms with van der Waals surface area (Å²) >= 11 is 0. The molecular weight excluding hydrogens is 230 g/mol. The van der Waals surface area contributed by atoms with Crippen molar-refractivity contribution in [1.29, 1.82) is 0 Å². The molecule has 1 aromatic rings. The summed E-state index contributed by atoms with van der Waals surface area (Å²) in [5, 5.41) is 9.30. The third kappa shape index (κ3) is 4.12. The van der Waals surface area contributed by atoms with E-state index in [0.29, 0.717) is 12.2 Å². The van der Waals surface area contributed by atoms with Crippen LogP contribution in [0, 0.1) is 0 Å². The van der Waals surface area contributed by atoms with Crippen LogP contribution in [0.15, 0.2) is 6.07 Å². The SMILES string of the molecule is CC(O)CCN(C)c1cc(NN)nc(C(C)C)n1. The van der Waals surface area contributed by atoms with Gasteiger partial charge in [0.05, 0.1) is 6.10 Å². The van der Waals surface area contributed by atoms with Crippen molar-refractivity contribution in [2.45, 2.75) is 39.2 Å². The predicted octanol–water partition coefficient (Wildman–Crippen LogP) is 1.09. The molecule has 6 nitrogen and oxygen atoms in total. The lowest BCUT2D eigenvalue weighted by molar-refractivity contribution is 0.187. The Morgan fingerprint density at radius 2 is 2.06 bits per heavy atom. The molecule has 0 bridgehead atoms. The number of rotatable bonds is 6. The summed E-state index contributed by atoms with van der Waals surface area (Å²) in [5.74, 6) is 7.82. The molecule has 1 unspecified atom stereocenters. The first kappa shape index (κ1) is 14.7. The topological polar surface area (TPSA) is 87.3 Å². The molecule has 1 aromatic heterocycles. The molecule has 0 saturated heterocycles. The quantitative estimate of drug-likeness (QED) is 0.519. The Hall–Kier alpha value is -1.40. The second kappa shape index (κ2) is 6.51. The average Bonchev–Trinajstić information content (AvgIpc) is 2.35. The number of nitrogens with zero attached hydrogens (tertiary/aromatic N) is 3. The van der Waals surface area contributed by atoms with Crippen molar-refractivity contribution in [1.82, 2.24) is 9.97 Å². The second-order valence-corrected chi connectivity index (χ2v) is 4.83. The number of anilines is 2. The lowest BCUT2D eigenvalue weighted by atomic mass is 10.2. The molecule has 102 valence electrons. The first-order valence-corrected chi connectivity index (χ1v) is 6.18. The maximum atomic E-state index is 9.30. The minimum absolute atomic E-state index is 0.238. The third-order valence-electron chi connectivity index (χ3n) is 2.67. The number of hydrogen-bond donors (Lipinski definition) is 3. The Labute approximate surface area is 108 Å². The zero-order chi connectivity index (χ0) is 13.7. The maximum Gasteiger partial charge on any atom is 0.145 e. The van der Waals surface area contributed by atoms with Gasteiger partial charge >= 0.3 is 0 Å². The van der Waals surface area contributed by atoms with Crippen LogP contribution < -0.4 is 16.2 Å². The maximum absolute atomic E-state index is 9.30. The van der Waals surface area contributed by atoms with Crippen LogP contribution in [0.25, 0.3) is 0 Å². The van der Waals surface area contributed by atoms with Gasteiger partial charge in [-0.05, 0) is 13.3 Å². The molecule has 6 heteroatoms. The second-order valence-electron chi connectivity index (χ2n) is 4.83. The Balaban J connectivity index is 2.89. The van der Waals surface area contributed by atoms with Gasteiger partial charge in [0, 0.05) is 25.6 Å². The first-order chi connectivity index (χ1) is 8.43. The molecule has 0 radical (unpaired) electrons. The van der Waals surface area contributed by atoms with E-state index in [1.54, 1.807) is 13.0 Å². The highest BCUT2D eigenvalue weighted by Crippen LogP contribution is 2.19. The van der Waals surface area contributed by atoms with Crippen molar-refractivity contribution < 1.29 is 5.11 Å². The van der Waals surface area contributed by atoms with E-state index in [-0.39, 0.29) is 12.0 Å². The first-order valence-electron chi connectivity index (χ1n) is 6.18. The average molecular weight is 253 g/mol. The number of aliphatic hydroxyl groups is 1. The zero-order valence-electron chi connectivity index (χ0n) is 11.5. The van der Waals surface area contributed by atoms with Crippen LogP contribution >= 0.6 is 0 Å². The van der Waals surface area contributed by atoms with Gasteiger partial charge in [0.2, 0.25) is 0 Å². The molecule has 0 aliphatic carbocycles. The monoisotopic (exact) mass is 253 g/mol. The standard InChI is InChI=1S/C12H23N5O/c1-8(2)12-14-10(16-13)7-11(15-12)17(4)6-5-9(3)18/h7-9,18H,5-6,13H2,1-4H3,(H,14,15,16). The summed E-state index contributed by atoms with van der Waals surface area (Å²) in [6.07, 6.45) is 0.383. The van der Waals surface area contributed by atoms with Crippen molar-refractivity contribution in [3.8, 4) is 0 Å².